The predicted octanol–water partition coefficient (Wildman–Crippen LogP) is 3.41. The average molecular weight is 334 g/mol. The molecule has 1 N–H and O–H groups in total. The first-order valence-corrected chi connectivity index (χ1v) is 7.43. The third-order valence-electron chi connectivity index (χ3n) is 3.36. The number of anilines is 1. The number of halogens is 1. The van der Waals surface area contributed by atoms with Gasteiger partial charge in [0, 0.05) is 42.7 Å². The van der Waals surface area contributed by atoms with Crippen LogP contribution in [-0.2, 0) is 6.42 Å². The van der Waals surface area contributed by atoms with E-state index in [0.717, 1.165) is 10.9 Å². The van der Waals surface area contributed by atoms with E-state index in [9.17, 15) is 0 Å². The zero-order valence-corrected chi connectivity index (χ0v) is 13.7. The van der Waals surface area contributed by atoms with Crippen molar-refractivity contribution in [1.82, 2.24) is 10.3 Å². The van der Waals surface area contributed by atoms with E-state index in [2.05, 4.69) is 75.6 Å². The molecule has 3 nitrogen and oxygen atoms in total. The maximum absolute atomic E-state index is 4.22. The van der Waals surface area contributed by atoms with Gasteiger partial charge in [0.15, 0.2) is 0 Å². The molecule has 2 rings (SSSR count). The molecule has 2 aromatic rings. The summed E-state index contributed by atoms with van der Waals surface area (Å²) in [6.45, 7) is 0. The Labute approximate surface area is 129 Å². The summed E-state index contributed by atoms with van der Waals surface area (Å²) in [4.78, 5) is 6.33. The van der Waals surface area contributed by atoms with Crippen LogP contribution in [0.4, 0.5) is 5.69 Å². The van der Waals surface area contributed by atoms with Gasteiger partial charge in [-0.3, -0.25) is 4.98 Å². The van der Waals surface area contributed by atoms with Crippen molar-refractivity contribution in [1.29, 1.82) is 0 Å². The summed E-state index contributed by atoms with van der Waals surface area (Å²) in [5.41, 5.74) is 3.72. The number of hydrogen-bond donors (Lipinski definition) is 1. The Bertz CT molecular complexity index is 552. The van der Waals surface area contributed by atoms with E-state index in [4.69, 9.17) is 0 Å². The van der Waals surface area contributed by atoms with Gasteiger partial charge in [0.05, 0.1) is 0 Å². The molecular weight excluding hydrogens is 314 g/mol. The van der Waals surface area contributed by atoms with Crippen LogP contribution < -0.4 is 10.2 Å². The summed E-state index contributed by atoms with van der Waals surface area (Å²) in [6, 6.07) is 11.1. The summed E-state index contributed by atoms with van der Waals surface area (Å²) in [6.07, 6.45) is 4.65. The number of nitrogens with zero attached hydrogens (tertiary/aromatic N) is 2. The van der Waals surface area contributed by atoms with Crippen LogP contribution in [-0.4, -0.2) is 26.1 Å². The number of aromatic nitrogens is 1. The molecule has 0 fully saturated rings. The molecule has 1 unspecified atom stereocenters. The van der Waals surface area contributed by atoms with Gasteiger partial charge in [0.1, 0.15) is 0 Å². The van der Waals surface area contributed by atoms with Crippen molar-refractivity contribution in [3.63, 3.8) is 0 Å². The van der Waals surface area contributed by atoms with Crippen LogP contribution >= 0.6 is 15.9 Å². The fourth-order valence-electron chi connectivity index (χ4n) is 2.19. The normalized spacial score (nSPS) is 12.2. The summed E-state index contributed by atoms with van der Waals surface area (Å²) in [7, 11) is 6.10. The van der Waals surface area contributed by atoms with Gasteiger partial charge < -0.3 is 10.2 Å². The van der Waals surface area contributed by atoms with Crippen LogP contribution in [0.1, 0.15) is 17.2 Å². The quantitative estimate of drug-likeness (QED) is 0.908. The highest BCUT2D eigenvalue weighted by Gasteiger charge is 2.11. The Morgan fingerprint density at radius 3 is 2.45 bits per heavy atom. The highest BCUT2D eigenvalue weighted by molar-refractivity contribution is 9.10. The average Bonchev–Trinajstić information content (AvgIpc) is 2.45. The van der Waals surface area contributed by atoms with E-state index in [0.29, 0.717) is 6.04 Å². The monoisotopic (exact) mass is 333 g/mol. The molecule has 0 aliphatic heterocycles. The molecule has 0 saturated carbocycles. The summed E-state index contributed by atoms with van der Waals surface area (Å²) < 4.78 is 1.02. The highest BCUT2D eigenvalue weighted by Crippen LogP contribution is 2.22. The second kappa shape index (κ2) is 6.86. The van der Waals surface area contributed by atoms with E-state index in [1.165, 1.54) is 16.8 Å². The molecular formula is C16H20BrN3. The first-order valence-electron chi connectivity index (χ1n) is 6.64. The van der Waals surface area contributed by atoms with E-state index >= 15 is 0 Å². The lowest BCUT2D eigenvalue weighted by atomic mass is 10.00. The molecule has 0 bridgehead atoms. The molecule has 0 amide bonds. The van der Waals surface area contributed by atoms with Crippen molar-refractivity contribution in [3.05, 3.63) is 58.3 Å². The van der Waals surface area contributed by atoms with Crippen molar-refractivity contribution < 1.29 is 0 Å². The summed E-state index contributed by atoms with van der Waals surface area (Å²) >= 11 is 3.47. The highest BCUT2D eigenvalue weighted by atomic mass is 79.9. The van der Waals surface area contributed by atoms with Gasteiger partial charge in [0.25, 0.3) is 0 Å². The maximum Gasteiger partial charge on any atom is 0.0410 e. The Morgan fingerprint density at radius 1 is 1.20 bits per heavy atom. The third-order valence-corrected chi connectivity index (χ3v) is 3.80. The lowest BCUT2D eigenvalue weighted by molar-refractivity contribution is 0.591. The first-order chi connectivity index (χ1) is 9.60. The van der Waals surface area contributed by atoms with Crippen LogP contribution in [0, 0.1) is 0 Å². The lowest BCUT2D eigenvalue weighted by Gasteiger charge is -2.19. The Morgan fingerprint density at radius 2 is 1.90 bits per heavy atom. The molecule has 0 aliphatic carbocycles. The molecule has 20 heavy (non-hydrogen) atoms. The summed E-state index contributed by atoms with van der Waals surface area (Å²) in [5.74, 6) is 0. The van der Waals surface area contributed by atoms with E-state index in [1.807, 2.05) is 19.4 Å². The zero-order chi connectivity index (χ0) is 14.5. The van der Waals surface area contributed by atoms with Gasteiger partial charge >= 0.3 is 0 Å². The second-order valence-corrected chi connectivity index (χ2v) is 5.96. The van der Waals surface area contributed by atoms with Crippen LogP contribution in [0.15, 0.2) is 47.2 Å². The van der Waals surface area contributed by atoms with E-state index in [1.54, 1.807) is 0 Å². The standard InChI is InChI=1S/C16H20BrN3/c1-18-16(9-12-8-14(17)11-19-10-12)13-4-6-15(7-5-13)20(2)3/h4-8,10-11,16,18H,9H2,1-3H3. The molecule has 0 spiro atoms. The third kappa shape index (κ3) is 3.81. The van der Waals surface area contributed by atoms with Crippen LogP contribution in [0.25, 0.3) is 0 Å². The minimum Gasteiger partial charge on any atom is -0.378 e. The minimum atomic E-state index is 0.294. The number of nitrogens with one attached hydrogen (secondary N) is 1. The van der Waals surface area contributed by atoms with Crippen molar-refractivity contribution in [2.75, 3.05) is 26.0 Å². The van der Waals surface area contributed by atoms with E-state index in [-0.39, 0.29) is 0 Å². The van der Waals surface area contributed by atoms with Crippen LogP contribution in [0.3, 0.4) is 0 Å². The fourth-order valence-corrected chi connectivity index (χ4v) is 2.61. The molecule has 0 radical (unpaired) electrons. The number of likely N-dealkylation sites (N-methyl/N-ethyl adjacent to an activating group) is 1. The Hall–Kier alpha value is -1.39. The lowest BCUT2D eigenvalue weighted by Crippen LogP contribution is -2.19. The molecule has 1 aromatic heterocycles. The van der Waals surface area contributed by atoms with Gasteiger partial charge in [-0.2, -0.15) is 0 Å². The largest absolute Gasteiger partial charge is 0.378 e. The zero-order valence-electron chi connectivity index (χ0n) is 12.1. The topological polar surface area (TPSA) is 28.2 Å². The van der Waals surface area contributed by atoms with Gasteiger partial charge in [-0.15, -0.1) is 0 Å². The van der Waals surface area contributed by atoms with Crippen molar-refractivity contribution >= 4 is 21.6 Å². The van der Waals surface area contributed by atoms with Crippen molar-refractivity contribution in [2.24, 2.45) is 0 Å². The maximum atomic E-state index is 4.22. The smallest absolute Gasteiger partial charge is 0.0410 e. The molecule has 1 atom stereocenters. The predicted molar refractivity (Wildman–Crippen MR) is 88.2 cm³/mol. The molecule has 0 saturated heterocycles. The fraction of sp³-hybridized carbons (Fsp3) is 0.312. The number of hydrogen-bond acceptors (Lipinski definition) is 3. The van der Waals surface area contributed by atoms with Crippen molar-refractivity contribution in [3.8, 4) is 0 Å². The number of rotatable bonds is 5. The SMILES string of the molecule is CNC(Cc1cncc(Br)c1)c1ccc(N(C)C)cc1. The van der Waals surface area contributed by atoms with Gasteiger partial charge in [-0.1, -0.05) is 12.1 Å². The molecule has 1 heterocycles. The molecule has 106 valence electrons. The first kappa shape index (κ1) is 15.0. The number of pyridine rings is 1. The van der Waals surface area contributed by atoms with Gasteiger partial charge in [-0.05, 0) is 58.7 Å². The van der Waals surface area contributed by atoms with Crippen LogP contribution in [0.2, 0.25) is 0 Å². The Kier molecular flexibility index (Phi) is 5.15. The number of benzene rings is 1. The van der Waals surface area contributed by atoms with Gasteiger partial charge in [0.2, 0.25) is 0 Å². The van der Waals surface area contributed by atoms with Crippen molar-refractivity contribution in [2.45, 2.75) is 12.5 Å². The molecule has 0 aliphatic rings. The van der Waals surface area contributed by atoms with Crippen LogP contribution in [0.5, 0.6) is 0 Å². The Balaban J connectivity index is 2.15. The molecule has 4 heteroatoms. The van der Waals surface area contributed by atoms with E-state index < -0.39 is 0 Å². The molecule has 1 aromatic carbocycles. The second-order valence-electron chi connectivity index (χ2n) is 5.04. The summed E-state index contributed by atoms with van der Waals surface area (Å²) in [5, 5.41) is 3.38. The van der Waals surface area contributed by atoms with Gasteiger partial charge in [-0.25, -0.2) is 0 Å². The minimum absolute atomic E-state index is 0.294.